The van der Waals surface area contributed by atoms with Crippen molar-refractivity contribution in [2.75, 3.05) is 7.11 Å². The molecule has 0 aliphatic carbocycles. The lowest BCUT2D eigenvalue weighted by Gasteiger charge is -2.05. The van der Waals surface area contributed by atoms with Crippen LogP contribution in [0.4, 0.5) is 0 Å². The van der Waals surface area contributed by atoms with Crippen LogP contribution < -0.4 is 4.74 Å². The molecule has 0 amide bonds. The van der Waals surface area contributed by atoms with E-state index in [-0.39, 0.29) is 0 Å². The number of nitrogens with zero attached hydrogens (tertiary/aromatic N) is 1. The van der Waals surface area contributed by atoms with Crippen LogP contribution in [0.3, 0.4) is 0 Å². The van der Waals surface area contributed by atoms with E-state index < -0.39 is 0 Å². The Morgan fingerprint density at radius 2 is 2.07 bits per heavy atom. The Morgan fingerprint density at radius 1 is 1.20 bits per heavy atom. The Labute approximate surface area is 93.5 Å². The molecule has 2 nitrogen and oxygen atoms in total. The van der Waals surface area contributed by atoms with Crippen molar-refractivity contribution < 1.29 is 4.74 Å². The van der Waals surface area contributed by atoms with Crippen LogP contribution in [-0.2, 0) is 0 Å². The smallest absolute Gasteiger partial charge is 0.137 e. The van der Waals surface area contributed by atoms with E-state index in [1.54, 1.807) is 19.5 Å². The number of aromatic nitrogens is 1. The van der Waals surface area contributed by atoms with Crippen molar-refractivity contribution in [3.63, 3.8) is 0 Å². The lowest BCUT2D eigenvalue weighted by Crippen LogP contribution is -1.85. The molecule has 0 aliphatic heterocycles. The summed E-state index contributed by atoms with van der Waals surface area (Å²) in [5, 5.41) is 0.610. The third kappa shape index (κ3) is 2.10. The van der Waals surface area contributed by atoms with Crippen molar-refractivity contribution in [1.29, 1.82) is 0 Å². The highest BCUT2D eigenvalue weighted by Crippen LogP contribution is 2.29. The largest absolute Gasteiger partial charge is 0.495 e. The number of hydrogen-bond acceptors (Lipinski definition) is 2. The number of methoxy groups -OCH3 is 1. The zero-order valence-electron chi connectivity index (χ0n) is 8.27. The number of halogens is 1. The first-order valence-corrected chi connectivity index (χ1v) is 4.93. The predicted molar refractivity (Wildman–Crippen MR) is 61.2 cm³/mol. The molecule has 0 atom stereocenters. The second-order valence-electron chi connectivity index (χ2n) is 3.09. The van der Waals surface area contributed by atoms with Gasteiger partial charge in [-0.3, -0.25) is 4.98 Å². The van der Waals surface area contributed by atoms with Gasteiger partial charge in [-0.1, -0.05) is 23.7 Å². The maximum Gasteiger partial charge on any atom is 0.137 e. The molecule has 76 valence electrons. The van der Waals surface area contributed by atoms with E-state index in [0.29, 0.717) is 10.8 Å². The van der Waals surface area contributed by atoms with Crippen LogP contribution in [0.2, 0.25) is 5.02 Å². The second kappa shape index (κ2) is 4.32. The Hall–Kier alpha value is -1.54. The van der Waals surface area contributed by atoms with Crippen molar-refractivity contribution in [1.82, 2.24) is 4.98 Å². The highest BCUT2D eigenvalue weighted by molar-refractivity contribution is 6.32. The molecule has 0 aliphatic rings. The number of pyridine rings is 1. The van der Waals surface area contributed by atoms with Crippen LogP contribution in [0.1, 0.15) is 0 Å². The fourth-order valence-corrected chi connectivity index (χ4v) is 1.64. The topological polar surface area (TPSA) is 22.1 Å². The molecule has 3 heteroatoms. The molecule has 2 aromatic rings. The van der Waals surface area contributed by atoms with E-state index in [2.05, 4.69) is 4.98 Å². The monoisotopic (exact) mass is 219 g/mol. The minimum absolute atomic E-state index is 0.610. The summed E-state index contributed by atoms with van der Waals surface area (Å²) in [5.74, 6) is 0.685. The highest BCUT2D eigenvalue weighted by atomic mass is 35.5. The Balaban J connectivity index is 2.43. The molecule has 1 heterocycles. The van der Waals surface area contributed by atoms with Crippen molar-refractivity contribution in [2.45, 2.75) is 0 Å². The van der Waals surface area contributed by atoms with Crippen molar-refractivity contribution in [3.05, 3.63) is 47.7 Å². The summed E-state index contributed by atoms with van der Waals surface area (Å²) < 4.78 is 5.09. The van der Waals surface area contributed by atoms with Gasteiger partial charge >= 0.3 is 0 Å². The molecule has 0 radical (unpaired) electrons. The minimum atomic E-state index is 0.610. The normalized spacial score (nSPS) is 10.0. The minimum Gasteiger partial charge on any atom is -0.495 e. The van der Waals surface area contributed by atoms with E-state index in [4.69, 9.17) is 16.3 Å². The van der Waals surface area contributed by atoms with Crippen LogP contribution in [-0.4, -0.2) is 12.1 Å². The number of rotatable bonds is 2. The third-order valence-corrected chi connectivity index (χ3v) is 2.44. The van der Waals surface area contributed by atoms with Gasteiger partial charge in [-0.05, 0) is 23.8 Å². The molecule has 1 aromatic carbocycles. The lowest BCUT2D eigenvalue weighted by atomic mass is 10.1. The maximum atomic E-state index is 6.03. The van der Waals surface area contributed by atoms with Gasteiger partial charge in [-0.15, -0.1) is 0 Å². The van der Waals surface area contributed by atoms with Gasteiger partial charge in [-0.25, -0.2) is 0 Å². The lowest BCUT2D eigenvalue weighted by molar-refractivity contribution is 0.415. The summed E-state index contributed by atoms with van der Waals surface area (Å²) in [6, 6.07) is 9.57. The molecule has 2 rings (SSSR count). The first-order chi connectivity index (χ1) is 7.31. The predicted octanol–water partition coefficient (Wildman–Crippen LogP) is 3.41. The van der Waals surface area contributed by atoms with Gasteiger partial charge < -0.3 is 4.74 Å². The summed E-state index contributed by atoms with van der Waals surface area (Å²) in [6.07, 6.45) is 3.55. The van der Waals surface area contributed by atoms with Gasteiger partial charge in [-0.2, -0.15) is 0 Å². The van der Waals surface area contributed by atoms with Crippen molar-refractivity contribution in [3.8, 4) is 16.9 Å². The summed E-state index contributed by atoms with van der Waals surface area (Å²) >= 11 is 6.03. The first kappa shape index (κ1) is 9.99. The highest BCUT2D eigenvalue weighted by Gasteiger charge is 2.03. The molecule has 0 bridgehead atoms. The molecular formula is C12H10ClNO. The fourth-order valence-electron chi connectivity index (χ4n) is 1.38. The zero-order chi connectivity index (χ0) is 10.7. The van der Waals surface area contributed by atoms with E-state index >= 15 is 0 Å². The van der Waals surface area contributed by atoms with Gasteiger partial charge in [0.15, 0.2) is 0 Å². The fraction of sp³-hybridized carbons (Fsp3) is 0.0833. The van der Waals surface area contributed by atoms with Crippen LogP contribution in [0.25, 0.3) is 11.1 Å². The summed E-state index contributed by atoms with van der Waals surface area (Å²) in [7, 11) is 1.60. The summed E-state index contributed by atoms with van der Waals surface area (Å²) in [6.45, 7) is 0. The van der Waals surface area contributed by atoms with Crippen LogP contribution in [0.15, 0.2) is 42.7 Å². The van der Waals surface area contributed by atoms with Gasteiger partial charge in [0, 0.05) is 18.0 Å². The molecule has 0 unspecified atom stereocenters. The SMILES string of the molecule is COc1ccc(-c2cccnc2)cc1Cl. The summed E-state index contributed by atoms with van der Waals surface area (Å²) in [4.78, 5) is 4.06. The molecule has 0 saturated heterocycles. The average Bonchev–Trinajstić information content (AvgIpc) is 2.30. The van der Waals surface area contributed by atoms with Gasteiger partial charge in [0.25, 0.3) is 0 Å². The molecule has 0 spiro atoms. The zero-order valence-corrected chi connectivity index (χ0v) is 9.03. The van der Waals surface area contributed by atoms with Crippen LogP contribution in [0, 0.1) is 0 Å². The Morgan fingerprint density at radius 3 is 2.67 bits per heavy atom. The quantitative estimate of drug-likeness (QED) is 0.772. The van der Waals surface area contributed by atoms with Crippen molar-refractivity contribution >= 4 is 11.6 Å². The summed E-state index contributed by atoms with van der Waals surface area (Å²) in [5.41, 5.74) is 2.08. The van der Waals surface area contributed by atoms with E-state index in [9.17, 15) is 0 Å². The maximum absolute atomic E-state index is 6.03. The van der Waals surface area contributed by atoms with Gasteiger partial charge in [0.2, 0.25) is 0 Å². The second-order valence-corrected chi connectivity index (χ2v) is 3.50. The number of hydrogen-bond donors (Lipinski definition) is 0. The molecule has 0 fully saturated rings. The van der Waals surface area contributed by atoms with E-state index in [0.717, 1.165) is 11.1 Å². The van der Waals surface area contributed by atoms with Crippen molar-refractivity contribution in [2.24, 2.45) is 0 Å². The average molecular weight is 220 g/mol. The standard InChI is InChI=1S/C12H10ClNO/c1-15-12-5-4-9(7-11(12)13)10-3-2-6-14-8-10/h2-8H,1H3. The third-order valence-electron chi connectivity index (χ3n) is 2.15. The van der Waals surface area contributed by atoms with Crippen LogP contribution in [0.5, 0.6) is 5.75 Å². The molecule has 15 heavy (non-hydrogen) atoms. The van der Waals surface area contributed by atoms with Gasteiger partial charge in [0.1, 0.15) is 5.75 Å². The number of benzene rings is 1. The van der Waals surface area contributed by atoms with E-state index in [1.165, 1.54) is 0 Å². The van der Waals surface area contributed by atoms with Crippen LogP contribution >= 0.6 is 11.6 Å². The molecule has 0 saturated carbocycles. The molecular weight excluding hydrogens is 210 g/mol. The molecule has 0 N–H and O–H groups in total. The van der Waals surface area contributed by atoms with Gasteiger partial charge in [0.05, 0.1) is 12.1 Å². The first-order valence-electron chi connectivity index (χ1n) is 4.55. The van der Waals surface area contributed by atoms with E-state index in [1.807, 2.05) is 30.3 Å². The Bertz CT molecular complexity index is 456. The number of ether oxygens (including phenoxy) is 1. The molecule has 1 aromatic heterocycles. The Kier molecular flexibility index (Phi) is 2.88.